The number of para-hydroxylation sites is 1. The average Bonchev–Trinajstić information content (AvgIpc) is 2.94. The van der Waals surface area contributed by atoms with Crippen LogP contribution in [0, 0.1) is 0 Å². The molecule has 24 heavy (non-hydrogen) atoms. The van der Waals surface area contributed by atoms with E-state index in [1.54, 1.807) is 6.08 Å². The summed E-state index contributed by atoms with van der Waals surface area (Å²) in [5, 5.41) is 3.37. The average molecular weight is 336 g/mol. The number of ether oxygens (including phenoxy) is 1. The number of amidine groups is 1. The zero-order chi connectivity index (χ0) is 16.8. The number of benzene rings is 2. The molecule has 1 fully saturated rings. The molecule has 1 aliphatic rings. The lowest BCUT2D eigenvalue weighted by molar-refractivity contribution is -0.115. The van der Waals surface area contributed by atoms with Gasteiger partial charge in [-0.1, -0.05) is 43.0 Å². The predicted octanol–water partition coefficient (Wildman–Crippen LogP) is 4.14. The third kappa shape index (κ3) is 4.14. The first kappa shape index (κ1) is 16.1. The highest BCUT2D eigenvalue weighted by Gasteiger charge is 2.23. The van der Waals surface area contributed by atoms with Crippen LogP contribution < -0.4 is 10.1 Å². The van der Waals surface area contributed by atoms with Gasteiger partial charge in [-0.3, -0.25) is 4.79 Å². The van der Waals surface area contributed by atoms with Gasteiger partial charge in [0.2, 0.25) is 0 Å². The zero-order valence-corrected chi connectivity index (χ0v) is 13.8. The second kappa shape index (κ2) is 7.66. The lowest BCUT2D eigenvalue weighted by Gasteiger charge is -2.03. The van der Waals surface area contributed by atoms with Gasteiger partial charge >= 0.3 is 0 Å². The number of amides is 1. The topological polar surface area (TPSA) is 50.7 Å². The van der Waals surface area contributed by atoms with E-state index in [0.717, 1.165) is 17.0 Å². The fourth-order valence-corrected chi connectivity index (χ4v) is 2.91. The van der Waals surface area contributed by atoms with Crippen LogP contribution in [0.5, 0.6) is 5.75 Å². The molecule has 0 unspecified atom stereocenters. The molecule has 0 atom stereocenters. The SMILES string of the molecule is C=CCOc1ccc(/C=C2\SC(=Nc3ccccc3)NC2=O)cc1. The predicted molar refractivity (Wildman–Crippen MR) is 99.4 cm³/mol. The van der Waals surface area contributed by atoms with Crippen molar-refractivity contribution in [3.05, 3.63) is 77.7 Å². The van der Waals surface area contributed by atoms with Crippen LogP contribution in [0.2, 0.25) is 0 Å². The minimum atomic E-state index is -0.137. The van der Waals surface area contributed by atoms with E-state index in [1.807, 2.05) is 60.7 Å². The molecule has 0 saturated carbocycles. The Morgan fingerprint density at radius 2 is 1.88 bits per heavy atom. The molecule has 0 bridgehead atoms. The van der Waals surface area contributed by atoms with Crippen LogP contribution in [0.4, 0.5) is 5.69 Å². The van der Waals surface area contributed by atoms with Crippen molar-refractivity contribution in [2.45, 2.75) is 0 Å². The smallest absolute Gasteiger partial charge is 0.264 e. The van der Waals surface area contributed by atoms with Crippen molar-refractivity contribution in [3.8, 4) is 5.75 Å². The highest BCUT2D eigenvalue weighted by molar-refractivity contribution is 8.18. The van der Waals surface area contributed by atoms with Gasteiger partial charge in [0.25, 0.3) is 5.91 Å². The van der Waals surface area contributed by atoms with Crippen LogP contribution in [-0.4, -0.2) is 17.7 Å². The van der Waals surface area contributed by atoms with E-state index in [1.165, 1.54) is 11.8 Å². The summed E-state index contributed by atoms with van der Waals surface area (Å²) in [7, 11) is 0. The molecule has 3 rings (SSSR count). The van der Waals surface area contributed by atoms with E-state index in [0.29, 0.717) is 16.7 Å². The molecule has 4 nitrogen and oxygen atoms in total. The maximum atomic E-state index is 12.1. The number of nitrogens with one attached hydrogen (secondary N) is 1. The number of thioether (sulfide) groups is 1. The lowest BCUT2D eigenvalue weighted by Crippen LogP contribution is -2.19. The second-order valence-corrected chi connectivity index (χ2v) is 6.02. The summed E-state index contributed by atoms with van der Waals surface area (Å²) in [5.41, 5.74) is 1.74. The molecule has 2 aromatic rings. The van der Waals surface area contributed by atoms with Crippen LogP contribution in [-0.2, 0) is 4.79 Å². The van der Waals surface area contributed by atoms with Gasteiger partial charge in [0, 0.05) is 0 Å². The minimum Gasteiger partial charge on any atom is -0.490 e. The summed E-state index contributed by atoms with van der Waals surface area (Å²) in [6, 6.07) is 17.1. The summed E-state index contributed by atoms with van der Waals surface area (Å²) in [6.07, 6.45) is 3.54. The van der Waals surface area contributed by atoms with Crippen molar-refractivity contribution in [2.24, 2.45) is 4.99 Å². The molecule has 0 radical (unpaired) electrons. The highest BCUT2D eigenvalue weighted by atomic mass is 32.2. The van der Waals surface area contributed by atoms with Crippen molar-refractivity contribution >= 4 is 34.6 Å². The first-order valence-corrected chi connectivity index (χ1v) is 8.24. The third-order valence-electron chi connectivity index (χ3n) is 3.18. The summed E-state index contributed by atoms with van der Waals surface area (Å²) in [4.78, 5) is 17.1. The Kier molecular flexibility index (Phi) is 5.13. The number of nitrogens with zero attached hydrogens (tertiary/aromatic N) is 1. The first-order valence-electron chi connectivity index (χ1n) is 7.43. The molecule has 5 heteroatoms. The molecule has 0 spiro atoms. The summed E-state index contributed by atoms with van der Waals surface area (Å²) in [5.74, 6) is 0.633. The Hall–Kier alpha value is -2.79. The Labute approximate surface area is 145 Å². The molecule has 1 N–H and O–H groups in total. The summed E-state index contributed by atoms with van der Waals surface area (Å²) >= 11 is 1.33. The summed E-state index contributed by atoms with van der Waals surface area (Å²) in [6.45, 7) is 4.08. The second-order valence-electron chi connectivity index (χ2n) is 4.99. The van der Waals surface area contributed by atoms with E-state index < -0.39 is 0 Å². The molecule has 1 aliphatic heterocycles. The van der Waals surface area contributed by atoms with Crippen LogP contribution in [0.15, 0.2) is 77.1 Å². The van der Waals surface area contributed by atoms with Crippen molar-refractivity contribution in [2.75, 3.05) is 6.61 Å². The third-order valence-corrected chi connectivity index (χ3v) is 4.09. The van der Waals surface area contributed by atoms with Crippen LogP contribution in [0.3, 0.4) is 0 Å². The molecule has 120 valence electrons. The normalized spacial score (nSPS) is 17.1. The maximum Gasteiger partial charge on any atom is 0.264 e. The number of rotatable bonds is 5. The summed E-state index contributed by atoms with van der Waals surface area (Å²) < 4.78 is 5.44. The molecule has 2 aromatic carbocycles. The van der Waals surface area contributed by atoms with E-state index in [9.17, 15) is 4.79 Å². The number of hydrogen-bond donors (Lipinski definition) is 1. The van der Waals surface area contributed by atoms with Crippen molar-refractivity contribution in [3.63, 3.8) is 0 Å². The van der Waals surface area contributed by atoms with E-state index >= 15 is 0 Å². The van der Waals surface area contributed by atoms with E-state index in [4.69, 9.17) is 4.74 Å². The van der Waals surface area contributed by atoms with Crippen molar-refractivity contribution in [1.29, 1.82) is 0 Å². The highest BCUT2D eigenvalue weighted by Crippen LogP contribution is 2.28. The van der Waals surface area contributed by atoms with Gasteiger partial charge in [-0.2, -0.15) is 0 Å². The molecular formula is C19H16N2O2S. The van der Waals surface area contributed by atoms with Gasteiger partial charge in [0.15, 0.2) is 5.17 Å². The largest absolute Gasteiger partial charge is 0.490 e. The molecule has 1 heterocycles. The fraction of sp³-hybridized carbons (Fsp3) is 0.0526. The number of carbonyl (C=O) groups is 1. The maximum absolute atomic E-state index is 12.1. The molecule has 0 aromatic heterocycles. The minimum absolute atomic E-state index is 0.137. The quantitative estimate of drug-likeness (QED) is 0.659. The van der Waals surface area contributed by atoms with E-state index in [-0.39, 0.29) is 5.91 Å². The van der Waals surface area contributed by atoms with Gasteiger partial charge in [-0.05, 0) is 47.7 Å². The van der Waals surface area contributed by atoms with Crippen LogP contribution >= 0.6 is 11.8 Å². The molecule has 1 saturated heterocycles. The molecular weight excluding hydrogens is 320 g/mol. The molecule has 0 aliphatic carbocycles. The standard InChI is InChI=1S/C19H16N2O2S/c1-2-12-23-16-10-8-14(9-11-16)13-17-18(22)21-19(24-17)20-15-6-4-3-5-7-15/h2-11,13H,1,12H2,(H,20,21,22)/b17-13-. The lowest BCUT2D eigenvalue weighted by atomic mass is 10.2. The Balaban J connectivity index is 1.72. The van der Waals surface area contributed by atoms with Gasteiger partial charge in [-0.15, -0.1) is 0 Å². The van der Waals surface area contributed by atoms with Gasteiger partial charge in [0.1, 0.15) is 12.4 Å². The van der Waals surface area contributed by atoms with Crippen molar-refractivity contribution < 1.29 is 9.53 Å². The van der Waals surface area contributed by atoms with Gasteiger partial charge in [-0.25, -0.2) is 4.99 Å². The Bertz CT molecular complexity index is 796. The van der Waals surface area contributed by atoms with E-state index in [2.05, 4.69) is 16.9 Å². The van der Waals surface area contributed by atoms with Gasteiger partial charge < -0.3 is 10.1 Å². The van der Waals surface area contributed by atoms with Gasteiger partial charge in [0.05, 0.1) is 10.6 Å². The number of carbonyl (C=O) groups excluding carboxylic acids is 1. The monoisotopic (exact) mass is 336 g/mol. The van der Waals surface area contributed by atoms with Crippen LogP contribution in [0.1, 0.15) is 5.56 Å². The Morgan fingerprint density at radius 1 is 1.12 bits per heavy atom. The number of hydrogen-bond acceptors (Lipinski definition) is 4. The number of aliphatic imine (C=N–C) groups is 1. The van der Waals surface area contributed by atoms with Crippen molar-refractivity contribution in [1.82, 2.24) is 5.32 Å². The zero-order valence-electron chi connectivity index (χ0n) is 12.9. The first-order chi connectivity index (χ1) is 11.7. The molecule has 1 amide bonds. The Morgan fingerprint density at radius 3 is 2.58 bits per heavy atom. The van der Waals surface area contributed by atoms with Crippen LogP contribution in [0.25, 0.3) is 6.08 Å². The fourth-order valence-electron chi connectivity index (χ4n) is 2.07.